The van der Waals surface area contributed by atoms with Crippen molar-refractivity contribution in [3.05, 3.63) is 23.8 Å². The van der Waals surface area contributed by atoms with Gasteiger partial charge in [0.15, 0.2) is 17.3 Å². The molecule has 0 saturated heterocycles. The Morgan fingerprint density at radius 1 is 1.56 bits per heavy atom. The second kappa shape index (κ2) is 6.03. The molecule has 0 aromatic carbocycles. The summed E-state index contributed by atoms with van der Waals surface area (Å²) in [6, 6.07) is 2.89. The fraction of sp³-hybridized carbons (Fsp3) is 0.400. The van der Waals surface area contributed by atoms with Gasteiger partial charge in [-0.2, -0.15) is 18.3 Å². The minimum absolute atomic E-state index is 0.00539. The highest BCUT2D eigenvalue weighted by Gasteiger charge is 2.38. The van der Waals surface area contributed by atoms with Crippen LogP contribution in [0.5, 0.6) is 5.75 Å². The number of nitrogens with zero attached hydrogens (tertiary/aromatic N) is 3. The van der Waals surface area contributed by atoms with Gasteiger partial charge in [-0.3, -0.25) is 4.99 Å². The van der Waals surface area contributed by atoms with Crippen molar-refractivity contribution in [1.82, 2.24) is 4.68 Å². The van der Waals surface area contributed by atoms with Crippen molar-refractivity contribution >= 4 is 22.6 Å². The number of pyridine rings is 1. The van der Waals surface area contributed by atoms with Crippen LogP contribution in [0.2, 0.25) is 0 Å². The van der Waals surface area contributed by atoms with E-state index in [-0.39, 0.29) is 16.7 Å². The van der Waals surface area contributed by atoms with Gasteiger partial charge in [0.2, 0.25) is 0 Å². The van der Waals surface area contributed by atoms with Crippen molar-refractivity contribution < 1.29 is 17.9 Å². The Bertz CT molecular complexity index is 484. The molecule has 1 aromatic heterocycles. The lowest BCUT2D eigenvalue weighted by Crippen LogP contribution is -2.34. The Labute approximate surface area is 110 Å². The predicted molar refractivity (Wildman–Crippen MR) is 64.9 cm³/mol. The molecule has 1 aromatic rings. The van der Waals surface area contributed by atoms with Gasteiger partial charge in [-0.25, -0.2) is 4.68 Å². The van der Waals surface area contributed by atoms with Gasteiger partial charge >= 0.3 is 6.18 Å². The van der Waals surface area contributed by atoms with E-state index < -0.39 is 12.3 Å². The highest BCUT2D eigenvalue weighted by molar-refractivity contribution is 9.09. The lowest BCUT2D eigenvalue weighted by molar-refractivity contribution is -0.189. The first-order chi connectivity index (χ1) is 8.40. The molecule has 0 fully saturated rings. The second-order valence-electron chi connectivity index (χ2n) is 3.26. The molecule has 100 valence electrons. The van der Waals surface area contributed by atoms with E-state index in [9.17, 15) is 13.2 Å². The zero-order valence-corrected chi connectivity index (χ0v) is 11.1. The zero-order valence-electron chi connectivity index (χ0n) is 9.49. The third-order valence-corrected chi connectivity index (χ3v) is 2.29. The molecule has 0 N–H and O–H groups in total. The SMILES string of the molecule is C=Nn1cccc(OC(C)C(F)(F)F)/c1=N/CBr. The van der Waals surface area contributed by atoms with Crippen LogP contribution < -0.4 is 10.2 Å². The summed E-state index contributed by atoms with van der Waals surface area (Å²) in [6.45, 7) is 4.23. The second-order valence-corrected chi connectivity index (χ2v) is 3.76. The maximum atomic E-state index is 12.4. The average Bonchev–Trinajstić information content (AvgIpc) is 2.30. The molecule has 0 amide bonds. The molecule has 0 aliphatic rings. The predicted octanol–water partition coefficient (Wildman–Crippen LogP) is 2.53. The molecule has 0 radical (unpaired) electrons. The molecule has 1 rings (SSSR count). The van der Waals surface area contributed by atoms with Gasteiger partial charge in [0, 0.05) is 12.9 Å². The van der Waals surface area contributed by atoms with E-state index >= 15 is 0 Å². The first kappa shape index (κ1) is 14.7. The molecule has 0 spiro atoms. The first-order valence-corrected chi connectivity index (χ1v) is 6.00. The lowest BCUT2D eigenvalue weighted by Gasteiger charge is -2.18. The molecule has 1 heterocycles. The van der Waals surface area contributed by atoms with Gasteiger partial charge < -0.3 is 4.74 Å². The number of rotatable bonds is 4. The molecule has 8 heteroatoms. The molecule has 4 nitrogen and oxygen atoms in total. The third kappa shape index (κ3) is 3.59. The third-order valence-electron chi connectivity index (χ3n) is 2.04. The van der Waals surface area contributed by atoms with E-state index in [2.05, 4.69) is 32.7 Å². The van der Waals surface area contributed by atoms with Gasteiger partial charge in [-0.05, 0) is 19.1 Å². The minimum atomic E-state index is -4.44. The Kier molecular flexibility index (Phi) is 4.94. The summed E-state index contributed by atoms with van der Waals surface area (Å²) >= 11 is 3.07. The number of aromatic nitrogens is 1. The van der Waals surface area contributed by atoms with Crippen molar-refractivity contribution in [2.45, 2.75) is 19.2 Å². The zero-order chi connectivity index (χ0) is 13.8. The number of alkyl halides is 4. The van der Waals surface area contributed by atoms with Gasteiger partial charge in [-0.1, -0.05) is 15.9 Å². The molecule has 0 aliphatic heterocycles. The van der Waals surface area contributed by atoms with Gasteiger partial charge in [0.1, 0.15) is 0 Å². The van der Waals surface area contributed by atoms with Gasteiger partial charge in [0.05, 0.1) is 5.45 Å². The van der Waals surface area contributed by atoms with Gasteiger partial charge in [0.25, 0.3) is 0 Å². The largest absolute Gasteiger partial charge is 0.477 e. The maximum absolute atomic E-state index is 12.4. The topological polar surface area (TPSA) is 38.9 Å². The quantitative estimate of drug-likeness (QED) is 0.476. The molecule has 18 heavy (non-hydrogen) atoms. The van der Waals surface area contributed by atoms with Crippen molar-refractivity contribution in [1.29, 1.82) is 0 Å². The van der Waals surface area contributed by atoms with Crippen LogP contribution in [-0.2, 0) is 0 Å². The molecule has 1 unspecified atom stereocenters. The summed E-state index contributed by atoms with van der Waals surface area (Å²) in [5.74, 6) is -0.00539. The normalized spacial score (nSPS) is 14.4. The smallest absolute Gasteiger partial charge is 0.425 e. The van der Waals surface area contributed by atoms with Crippen LogP contribution in [-0.4, -0.2) is 29.1 Å². The molecular formula is C10H11BrF3N3O. The molecule has 0 aliphatic carbocycles. The summed E-state index contributed by atoms with van der Waals surface area (Å²) < 4.78 is 43.4. The fourth-order valence-corrected chi connectivity index (χ4v) is 1.38. The number of halogens is 4. The Hall–Kier alpha value is -1.31. The van der Waals surface area contributed by atoms with E-state index in [1.807, 2.05) is 0 Å². The molecule has 0 saturated carbocycles. The lowest BCUT2D eigenvalue weighted by atomic mass is 10.4. The van der Waals surface area contributed by atoms with Crippen molar-refractivity contribution in [2.75, 3.05) is 5.45 Å². The van der Waals surface area contributed by atoms with Crippen LogP contribution in [0.25, 0.3) is 0 Å². The average molecular weight is 326 g/mol. The van der Waals surface area contributed by atoms with Crippen molar-refractivity contribution in [3.8, 4) is 5.75 Å². The Balaban J connectivity index is 3.17. The fourth-order valence-electron chi connectivity index (χ4n) is 1.14. The number of ether oxygens (including phenoxy) is 1. The number of hydrogen-bond acceptors (Lipinski definition) is 3. The van der Waals surface area contributed by atoms with Crippen molar-refractivity contribution in [3.63, 3.8) is 0 Å². The highest BCUT2D eigenvalue weighted by Crippen LogP contribution is 2.23. The van der Waals surface area contributed by atoms with Crippen LogP contribution in [0, 0.1) is 0 Å². The van der Waals surface area contributed by atoms with Crippen LogP contribution in [0.1, 0.15) is 6.92 Å². The van der Waals surface area contributed by atoms with E-state index in [4.69, 9.17) is 4.74 Å². The first-order valence-electron chi connectivity index (χ1n) is 4.88. The van der Waals surface area contributed by atoms with E-state index in [1.54, 1.807) is 0 Å². The standard InChI is InChI=1S/C10H11BrF3N3O/c1-7(10(12,13)14)18-8-4-3-5-17(15-2)9(8)16-6-11/h3-5,7H,2,6H2,1H3/b16-9-. The van der Waals surface area contributed by atoms with Crippen LogP contribution in [0.3, 0.4) is 0 Å². The summed E-state index contributed by atoms with van der Waals surface area (Å²) in [5, 5.41) is 3.61. The summed E-state index contributed by atoms with van der Waals surface area (Å²) in [7, 11) is 0. The molecular weight excluding hydrogens is 315 g/mol. The Morgan fingerprint density at radius 2 is 2.22 bits per heavy atom. The Morgan fingerprint density at radius 3 is 2.72 bits per heavy atom. The van der Waals surface area contributed by atoms with Crippen molar-refractivity contribution in [2.24, 2.45) is 10.1 Å². The minimum Gasteiger partial charge on any atom is -0.477 e. The van der Waals surface area contributed by atoms with Crippen LogP contribution in [0.4, 0.5) is 13.2 Å². The maximum Gasteiger partial charge on any atom is 0.425 e. The summed E-state index contributed by atoms with van der Waals surface area (Å²) in [4.78, 5) is 3.97. The van der Waals surface area contributed by atoms with Crippen LogP contribution >= 0.6 is 15.9 Å². The van der Waals surface area contributed by atoms with Crippen LogP contribution in [0.15, 0.2) is 28.4 Å². The monoisotopic (exact) mass is 325 g/mol. The van der Waals surface area contributed by atoms with E-state index in [1.165, 1.54) is 23.0 Å². The number of hydrogen-bond donors (Lipinski definition) is 0. The van der Waals surface area contributed by atoms with E-state index in [0.29, 0.717) is 0 Å². The molecule has 0 bridgehead atoms. The van der Waals surface area contributed by atoms with Gasteiger partial charge in [-0.15, -0.1) is 0 Å². The summed E-state index contributed by atoms with van der Waals surface area (Å²) in [5.41, 5.74) is 0.379. The molecule has 1 atom stereocenters. The summed E-state index contributed by atoms with van der Waals surface area (Å²) in [6.07, 6.45) is -4.85. The highest BCUT2D eigenvalue weighted by atomic mass is 79.9. The van der Waals surface area contributed by atoms with E-state index in [0.717, 1.165) is 6.92 Å².